The van der Waals surface area contributed by atoms with Gasteiger partial charge in [0.05, 0.1) is 26.0 Å². The molecule has 0 heterocycles. The highest BCUT2D eigenvalue weighted by molar-refractivity contribution is 6.30. The highest BCUT2D eigenvalue weighted by atomic mass is 16.5. The Morgan fingerprint density at radius 2 is 1.65 bits per heavy atom. The summed E-state index contributed by atoms with van der Waals surface area (Å²) in [5, 5.41) is 24.1. The second-order valence-electron chi connectivity index (χ2n) is 2.70. The lowest BCUT2D eigenvalue weighted by Gasteiger charge is -2.03. The molecule has 98 valence electrons. The lowest BCUT2D eigenvalue weighted by atomic mass is 10.3. The number of hydrogen-bond acceptors (Lipinski definition) is 8. The molecule has 0 spiro atoms. The monoisotopic (exact) mass is 249 g/mol. The highest BCUT2D eigenvalue weighted by Gasteiger charge is 2.04. The molecule has 0 aliphatic heterocycles. The van der Waals surface area contributed by atoms with Crippen molar-refractivity contribution in [3.63, 3.8) is 0 Å². The van der Waals surface area contributed by atoms with E-state index in [0.29, 0.717) is 5.76 Å². The lowest BCUT2D eigenvalue weighted by molar-refractivity contribution is -0.140. The Balaban J connectivity index is 0. The zero-order valence-electron chi connectivity index (χ0n) is 9.67. The van der Waals surface area contributed by atoms with E-state index < -0.39 is 19.3 Å². The minimum absolute atomic E-state index is 0.0121. The number of rotatable bonds is 5. The molecule has 0 aliphatic rings. The maximum Gasteiger partial charge on any atom is 0.631 e. The first-order valence-corrected chi connectivity index (χ1v) is 4.47. The van der Waals surface area contributed by atoms with Crippen LogP contribution >= 0.6 is 0 Å². The number of carbonyl (C=O) groups is 2. The van der Waals surface area contributed by atoms with Crippen LogP contribution in [0, 0.1) is 0 Å². The molecule has 0 saturated heterocycles. The molecule has 0 atom stereocenters. The van der Waals surface area contributed by atoms with Crippen molar-refractivity contribution in [2.75, 3.05) is 20.2 Å². The summed E-state index contributed by atoms with van der Waals surface area (Å²) in [6, 6.07) is 0. The first kappa shape index (κ1) is 18.0. The van der Waals surface area contributed by atoms with E-state index >= 15 is 0 Å². The van der Waals surface area contributed by atoms with Crippen molar-refractivity contribution in [3.05, 3.63) is 12.3 Å². The molecule has 0 aromatic heterocycles. The third-order valence-electron chi connectivity index (χ3n) is 1.05. The predicted octanol–water partition coefficient (Wildman–Crippen LogP) is -2.23. The van der Waals surface area contributed by atoms with Crippen molar-refractivity contribution >= 4 is 19.3 Å². The van der Waals surface area contributed by atoms with Crippen LogP contribution in [0.3, 0.4) is 0 Å². The highest BCUT2D eigenvalue weighted by Crippen LogP contribution is 1.89. The van der Waals surface area contributed by atoms with Gasteiger partial charge in [0.15, 0.2) is 0 Å². The molecule has 0 saturated carbocycles. The van der Waals surface area contributed by atoms with Gasteiger partial charge in [-0.25, -0.2) is 0 Å². The Hall–Kier alpha value is -1.42. The second-order valence-corrected chi connectivity index (χ2v) is 2.70. The van der Waals surface area contributed by atoms with Gasteiger partial charge in [-0.1, -0.05) is 6.58 Å². The molecule has 0 rings (SSSR count). The third-order valence-corrected chi connectivity index (χ3v) is 1.05. The number of hydrogen-bond donors (Lipinski definition) is 4. The molecule has 0 amide bonds. The summed E-state index contributed by atoms with van der Waals surface area (Å²) >= 11 is 0. The fourth-order valence-corrected chi connectivity index (χ4v) is 0.569. The standard InChI is InChI=1S/C8H13NO4.BH3O3/c1-6(2)13-8(11)5-9-4-7(10)12-3;2-1(3)4/h9H,1,4-5H2,2-3H3;2-4H. The molecule has 0 radical (unpaired) electrons. The van der Waals surface area contributed by atoms with Crippen LogP contribution in [0.1, 0.15) is 6.92 Å². The maximum atomic E-state index is 10.8. The van der Waals surface area contributed by atoms with Crippen LogP contribution < -0.4 is 5.32 Å². The van der Waals surface area contributed by atoms with Gasteiger partial charge in [-0.15, -0.1) is 0 Å². The van der Waals surface area contributed by atoms with E-state index in [2.05, 4.69) is 21.4 Å². The Morgan fingerprint density at radius 1 is 1.24 bits per heavy atom. The summed E-state index contributed by atoms with van der Waals surface area (Å²) < 4.78 is 8.96. The van der Waals surface area contributed by atoms with E-state index in [0.717, 1.165) is 0 Å². The van der Waals surface area contributed by atoms with Gasteiger partial charge in [0.25, 0.3) is 0 Å². The van der Waals surface area contributed by atoms with Gasteiger partial charge < -0.3 is 24.5 Å². The molecule has 0 aromatic rings. The van der Waals surface area contributed by atoms with Gasteiger partial charge in [0.2, 0.25) is 0 Å². The minimum atomic E-state index is -2.17. The second kappa shape index (κ2) is 11.1. The summed E-state index contributed by atoms with van der Waals surface area (Å²) in [4.78, 5) is 21.4. The number of esters is 2. The fourth-order valence-electron chi connectivity index (χ4n) is 0.569. The average molecular weight is 249 g/mol. The van der Waals surface area contributed by atoms with Gasteiger partial charge in [0.1, 0.15) is 0 Å². The minimum Gasteiger partial charge on any atom is -0.468 e. The van der Waals surface area contributed by atoms with Crippen molar-refractivity contribution in [1.82, 2.24) is 5.32 Å². The number of carbonyl (C=O) groups excluding carboxylic acids is 2. The largest absolute Gasteiger partial charge is 0.631 e. The van der Waals surface area contributed by atoms with Crippen LogP contribution in [0.4, 0.5) is 0 Å². The smallest absolute Gasteiger partial charge is 0.468 e. The predicted molar refractivity (Wildman–Crippen MR) is 58.2 cm³/mol. The van der Waals surface area contributed by atoms with Gasteiger partial charge >= 0.3 is 19.3 Å². The van der Waals surface area contributed by atoms with Gasteiger partial charge in [0, 0.05) is 0 Å². The van der Waals surface area contributed by atoms with Crippen molar-refractivity contribution < 1.29 is 34.1 Å². The molecular weight excluding hydrogens is 233 g/mol. The quantitative estimate of drug-likeness (QED) is 0.245. The van der Waals surface area contributed by atoms with Crippen molar-refractivity contribution in [2.24, 2.45) is 0 Å². The normalized spacial score (nSPS) is 8.53. The van der Waals surface area contributed by atoms with E-state index in [1.165, 1.54) is 7.11 Å². The summed E-state index contributed by atoms with van der Waals surface area (Å²) in [5.74, 6) is -0.579. The molecule has 0 aliphatic carbocycles. The molecular formula is C8H16BNO7. The Kier molecular flexibility index (Phi) is 11.7. The topological polar surface area (TPSA) is 125 Å². The molecule has 17 heavy (non-hydrogen) atoms. The van der Waals surface area contributed by atoms with Crippen LogP contribution in [0.25, 0.3) is 0 Å². The lowest BCUT2D eigenvalue weighted by Crippen LogP contribution is -2.30. The molecule has 9 heteroatoms. The van der Waals surface area contributed by atoms with Crippen LogP contribution in [0.15, 0.2) is 12.3 Å². The zero-order valence-corrected chi connectivity index (χ0v) is 9.67. The molecule has 0 aromatic carbocycles. The number of ether oxygens (including phenoxy) is 2. The van der Waals surface area contributed by atoms with E-state index in [4.69, 9.17) is 15.1 Å². The first-order valence-electron chi connectivity index (χ1n) is 4.47. The Labute approximate surface area is 99.0 Å². The average Bonchev–Trinajstić information content (AvgIpc) is 2.15. The number of nitrogens with one attached hydrogen (secondary N) is 1. The van der Waals surface area contributed by atoms with Gasteiger partial charge in [-0.3, -0.25) is 14.9 Å². The number of methoxy groups -OCH3 is 1. The molecule has 0 bridgehead atoms. The van der Waals surface area contributed by atoms with Crippen LogP contribution in [0.2, 0.25) is 0 Å². The van der Waals surface area contributed by atoms with E-state index in [1.807, 2.05) is 0 Å². The van der Waals surface area contributed by atoms with Gasteiger partial charge in [-0.05, 0) is 6.92 Å². The SMILES string of the molecule is C=C(C)OC(=O)CNCC(=O)OC.OB(O)O. The Morgan fingerprint density at radius 3 is 2.00 bits per heavy atom. The summed E-state index contributed by atoms with van der Waals surface area (Å²) in [7, 11) is -0.893. The van der Waals surface area contributed by atoms with Crippen molar-refractivity contribution in [1.29, 1.82) is 0 Å². The summed E-state index contributed by atoms with van der Waals surface area (Å²) in [6.45, 7) is 4.91. The molecule has 0 unspecified atom stereocenters. The Bertz CT molecular complexity index is 254. The van der Waals surface area contributed by atoms with Crippen LogP contribution in [-0.4, -0.2) is 54.5 Å². The van der Waals surface area contributed by atoms with Gasteiger partial charge in [-0.2, -0.15) is 0 Å². The van der Waals surface area contributed by atoms with Crippen molar-refractivity contribution in [3.8, 4) is 0 Å². The molecule has 0 fully saturated rings. The first-order chi connectivity index (χ1) is 7.79. The molecule has 4 N–H and O–H groups in total. The van der Waals surface area contributed by atoms with E-state index in [1.54, 1.807) is 6.92 Å². The number of allylic oxidation sites excluding steroid dienone is 1. The molecule has 8 nitrogen and oxygen atoms in total. The maximum absolute atomic E-state index is 10.8. The fraction of sp³-hybridized carbons (Fsp3) is 0.500. The van der Waals surface area contributed by atoms with Crippen molar-refractivity contribution in [2.45, 2.75) is 6.92 Å². The summed E-state index contributed by atoms with van der Waals surface area (Å²) in [6.07, 6.45) is 0. The van der Waals surface area contributed by atoms with E-state index in [-0.39, 0.29) is 13.1 Å². The zero-order chi connectivity index (χ0) is 13.8. The third kappa shape index (κ3) is 20.6. The van der Waals surface area contributed by atoms with Crippen LogP contribution in [-0.2, 0) is 19.1 Å². The van der Waals surface area contributed by atoms with E-state index in [9.17, 15) is 9.59 Å². The van der Waals surface area contributed by atoms with Crippen LogP contribution in [0.5, 0.6) is 0 Å². The summed E-state index contributed by atoms with van der Waals surface area (Å²) in [5.41, 5.74) is 0.